The standard InChI is InChI=1S/C11H18/c1-3-4-5-11-8-6-10(2)7-9-11/h6,9H,3-5,7-8H2,1-2H3. The molecule has 62 valence electrons. The molecule has 0 heterocycles. The van der Waals surface area contributed by atoms with Gasteiger partial charge in [-0.25, -0.2) is 0 Å². The van der Waals surface area contributed by atoms with E-state index in [2.05, 4.69) is 26.0 Å². The Balaban J connectivity index is 2.27. The minimum Gasteiger partial charge on any atom is -0.0812 e. The molecular weight excluding hydrogens is 132 g/mol. The quantitative estimate of drug-likeness (QED) is 0.536. The molecule has 0 bridgehead atoms. The van der Waals surface area contributed by atoms with Crippen molar-refractivity contribution in [2.75, 3.05) is 0 Å². The first-order valence-electron chi connectivity index (χ1n) is 4.66. The van der Waals surface area contributed by atoms with Gasteiger partial charge < -0.3 is 0 Å². The number of rotatable bonds is 3. The van der Waals surface area contributed by atoms with Gasteiger partial charge in [-0.15, -0.1) is 0 Å². The van der Waals surface area contributed by atoms with E-state index in [1.165, 1.54) is 37.7 Å². The molecule has 0 saturated carbocycles. The Hall–Kier alpha value is -0.520. The normalized spacial score (nSPS) is 17.6. The minimum absolute atomic E-state index is 1.19. The number of allylic oxidation sites excluding steroid dienone is 4. The van der Waals surface area contributed by atoms with Crippen molar-refractivity contribution in [1.82, 2.24) is 0 Å². The van der Waals surface area contributed by atoms with Crippen LogP contribution in [0.3, 0.4) is 0 Å². The molecule has 0 amide bonds. The number of hydrogen-bond acceptors (Lipinski definition) is 0. The molecule has 0 aliphatic heterocycles. The predicted octanol–water partition coefficient (Wildman–Crippen LogP) is 3.84. The van der Waals surface area contributed by atoms with Crippen molar-refractivity contribution in [1.29, 1.82) is 0 Å². The lowest BCUT2D eigenvalue weighted by Gasteiger charge is -2.10. The fourth-order valence-electron chi connectivity index (χ4n) is 1.39. The second kappa shape index (κ2) is 4.38. The molecule has 0 unspecified atom stereocenters. The Morgan fingerprint density at radius 3 is 2.64 bits per heavy atom. The lowest BCUT2D eigenvalue weighted by Crippen LogP contribution is -1.89. The van der Waals surface area contributed by atoms with Crippen molar-refractivity contribution >= 4 is 0 Å². The zero-order valence-electron chi connectivity index (χ0n) is 7.69. The molecular formula is C11H18. The van der Waals surface area contributed by atoms with E-state index in [4.69, 9.17) is 0 Å². The highest BCUT2D eigenvalue weighted by Gasteiger charge is 2.00. The van der Waals surface area contributed by atoms with Gasteiger partial charge in [-0.2, -0.15) is 0 Å². The maximum Gasteiger partial charge on any atom is -0.0136 e. The first kappa shape index (κ1) is 8.58. The van der Waals surface area contributed by atoms with Crippen LogP contribution in [-0.4, -0.2) is 0 Å². The van der Waals surface area contributed by atoms with Crippen LogP contribution >= 0.6 is 0 Å². The van der Waals surface area contributed by atoms with Crippen LogP contribution in [0.5, 0.6) is 0 Å². The largest absolute Gasteiger partial charge is 0.0812 e. The van der Waals surface area contributed by atoms with E-state index in [1.807, 2.05) is 0 Å². The summed E-state index contributed by atoms with van der Waals surface area (Å²) in [6.45, 7) is 4.47. The van der Waals surface area contributed by atoms with E-state index in [0.717, 1.165) is 0 Å². The lowest BCUT2D eigenvalue weighted by molar-refractivity contribution is 0.766. The van der Waals surface area contributed by atoms with Crippen LogP contribution in [0.15, 0.2) is 23.3 Å². The Morgan fingerprint density at radius 1 is 1.27 bits per heavy atom. The second-order valence-electron chi connectivity index (χ2n) is 3.42. The van der Waals surface area contributed by atoms with Crippen molar-refractivity contribution in [3.8, 4) is 0 Å². The molecule has 11 heavy (non-hydrogen) atoms. The van der Waals surface area contributed by atoms with Crippen LogP contribution in [0.4, 0.5) is 0 Å². The van der Waals surface area contributed by atoms with Crippen LogP contribution < -0.4 is 0 Å². The summed E-state index contributed by atoms with van der Waals surface area (Å²) >= 11 is 0. The molecule has 0 atom stereocenters. The van der Waals surface area contributed by atoms with Gasteiger partial charge in [0.2, 0.25) is 0 Å². The molecule has 1 aliphatic carbocycles. The van der Waals surface area contributed by atoms with Gasteiger partial charge in [-0.05, 0) is 32.6 Å². The fraction of sp³-hybridized carbons (Fsp3) is 0.636. The lowest BCUT2D eigenvalue weighted by atomic mass is 9.97. The molecule has 0 aromatic rings. The molecule has 0 saturated heterocycles. The van der Waals surface area contributed by atoms with Crippen molar-refractivity contribution in [2.24, 2.45) is 0 Å². The minimum atomic E-state index is 1.19. The van der Waals surface area contributed by atoms with E-state index in [-0.39, 0.29) is 0 Å². The van der Waals surface area contributed by atoms with Crippen LogP contribution in [0.25, 0.3) is 0 Å². The van der Waals surface area contributed by atoms with Crippen LogP contribution in [0.1, 0.15) is 46.0 Å². The summed E-state index contributed by atoms with van der Waals surface area (Å²) in [5.41, 5.74) is 3.18. The third kappa shape index (κ3) is 2.92. The summed E-state index contributed by atoms with van der Waals surface area (Å²) in [6, 6.07) is 0. The topological polar surface area (TPSA) is 0 Å². The van der Waals surface area contributed by atoms with E-state index in [0.29, 0.717) is 0 Å². The third-order valence-electron chi connectivity index (χ3n) is 2.28. The highest BCUT2D eigenvalue weighted by Crippen LogP contribution is 2.20. The smallest absolute Gasteiger partial charge is 0.0136 e. The van der Waals surface area contributed by atoms with Gasteiger partial charge in [-0.1, -0.05) is 36.6 Å². The summed E-state index contributed by atoms with van der Waals surface area (Å²) in [6.07, 6.45) is 11.2. The monoisotopic (exact) mass is 150 g/mol. The van der Waals surface area contributed by atoms with Gasteiger partial charge in [0.1, 0.15) is 0 Å². The highest BCUT2D eigenvalue weighted by molar-refractivity contribution is 5.19. The molecule has 0 aromatic heterocycles. The average Bonchev–Trinajstić information content (AvgIpc) is 2.04. The SMILES string of the molecule is CCCCC1=CCC(C)=CC1. The molecule has 0 spiro atoms. The summed E-state index contributed by atoms with van der Waals surface area (Å²) in [7, 11) is 0. The summed E-state index contributed by atoms with van der Waals surface area (Å²) in [4.78, 5) is 0. The highest BCUT2D eigenvalue weighted by atomic mass is 14.1. The molecule has 1 aliphatic rings. The third-order valence-corrected chi connectivity index (χ3v) is 2.28. The Kier molecular flexibility index (Phi) is 3.41. The van der Waals surface area contributed by atoms with E-state index in [1.54, 1.807) is 5.57 Å². The average molecular weight is 150 g/mol. The van der Waals surface area contributed by atoms with Crippen molar-refractivity contribution in [2.45, 2.75) is 46.0 Å². The van der Waals surface area contributed by atoms with E-state index in [9.17, 15) is 0 Å². The Bertz CT molecular complexity index is 172. The van der Waals surface area contributed by atoms with Crippen LogP contribution in [0.2, 0.25) is 0 Å². The Labute approximate surface area is 70.0 Å². The van der Waals surface area contributed by atoms with Gasteiger partial charge in [0.15, 0.2) is 0 Å². The predicted molar refractivity (Wildman–Crippen MR) is 50.6 cm³/mol. The number of hydrogen-bond donors (Lipinski definition) is 0. The zero-order valence-corrected chi connectivity index (χ0v) is 7.69. The van der Waals surface area contributed by atoms with Crippen molar-refractivity contribution < 1.29 is 0 Å². The summed E-state index contributed by atoms with van der Waals surface area (Å²) in [5, 5.41) is 0. The molecule has 0 nitrogen and oxygen atoms in total. The first-order chi connectivity index (χ1) is 5.33. The fourth-order valence-corrected chi connectivity index (χ4v) is 1.39. The zero-order chi connectivity index (χ0) is 8.10. The molecule has 0 fully saturated rings. The summed E-state index contributed by atoms with van der Waals surface area (Å²) in [5.74, 6) is 0. The van der Waals surface area contributed by atoms with E-state index >= 15 is 0 Å². The Morgan fingerprint density at radius 2 is 2.09 bits per heavy atom. The van der Waals surface area contributed by atoms with Gasteiger partial charge >= 0.3 is 0 Å². The molecule has 0 radical (unpaired) electrons. The van der Waals surface area contributed by atoms with Crippen LogP contribution in [0, 0.1) is 0 Å². The second-order valence-corrected chi connectivity index (χ2v) is 3.42. The van der Waals surface area contributed by atoms with Gasteiger partial charge in [-0.3, -0.25) is 0 Å². The van der Waals surface area contributed by atoms with Crippen molar-refractivity contribution in [3.05, 3.63) is 23.3 Å². The molecule has 1 rings (SSSR count). The maximum absolute atomic E-state index is 2.41. The first-order valence-corrected chi connectivity index (χ1v) is 4.66. The van der Waals surface area contributed by atoms with Crippen LogP contribution in [-0.2, 0) is 0 Å². The maximum atomic E-state index is 2.41. The van der Waals surface area contributed by atoms with E-state index < -0.39 is 0 Å². The number of unbranched alkanes of at least 4 members (excludes halogenated alkanes) is 1. The van der Waals surface area contributed by atoms with Gasteiger partial charge in [0, 0.05) is 0 Å². The van der Waals surface area contributed by atoms with Gasteiger partial charge in [0.25, 0.3) is 0 Å². The van der Waals surface area contributed by atoms with Crippen molar-refractivity contribution in [3.63, 3.8) is 0 Å². The van der Waals surface area contributed by atoms with Gasteiger partial charge in [0.05, 0.1) is 0 Å². The summed E-state index contributed by atoms with van der Waals surface area (Å²) < 4.78 is 0. The molecule has 0 aromatic carbocycles. The molecule has 0 heteroatoms. The molecule has 0 N–H and O–H groups in total.